The van der Waals surface area contributed by atoms with Gasteiger partial charge in [-0.05, 0) is 61.9 Å². The molecule has 7 heteroatoms. The first kappa shape index (κ1) is 20.2. The quantitative estimate of drug-likeness (QED) is 0.663. The summed E-state index contributed by atoms with van der Waals surface area (Å²) in [5.41, 5.74) is 1.22. The second-order valence-electron chi connectivity index (χ2n) is 8.75. The number of carbonyl (C=O) groups is 3. The molecule has 160 valence electrons. The van der Waals surface area contributed by atoms with Crippen molar-refractivity contribution in [3.05, 3.63) is 70.0 Å². The molecular weight excluding hydrogens is 419 g/mol. The van der Waals surface area contributed by atoms with Crippen molar-refractivity contribution in [3.8, 4) is 0 Å². The number of benzene rings is 2. The van der Waals surface area contributed by atoms with Crippen molar-refractivity contribution in [3.63, 3.8) is 0 Å². The van der Waals surface area contributed by atoms with E-state index in [2.05, 4.69) is 0 Å². The van der Waals surface area contributed by atoms with Crippen molar-refractivity contribution in [2.24, 2.45) is 5.41 Å². The Morgan fingerprint density at radius 2 is 1.61 bits per heavy atom. The molecule has 3 amide bonds. The summed E-state index contributed by atoms with van der Waals surface area (Å²) in [4.78, 5) is 42.0. The smallest absolute Gasteiger partial charge is 0.261 e. The Kier molecular flexibility index (Phi) is 4.85. The minimum absolute atomic E-state index is 0.0914. The Labute approximate surface area is 184 Å². The van der Waals surface area contributed by atoms with Crippen molar-refractivity contribution < 1.29 is 18.8 Å². The summed E-state index contributed by atoms with van der Waals surface area (Å²) in [6.45, 7) is 0.992. The standard InChI is InChI=1S/C24H22ClFN2O3/c25-20-13-16(26)6-5-15(20)14-27-12-11-24(23(27)31)9-7-17(8-10-24)28-21(29)18-3-1-2-4-19(18)22(28)30/h1-6,13,17H,7-12,14H2. The number of halogens is 2. The molecule has 0 atom stereocenters. The zero-order valence-electron chi connectivity index (χ0n) is 16.9. The van der Waals surface area contributed by atoms with Gasteiger partial charge < -0.3 is 4.90 Å². The number of rotatable bonds is 3. The van der Waals surface area contributed by atoms with E-state index >= 15 is 0 Å². The lowest BCUT2D eigenvalue weighted by Gasteiger charge is -2.38. The molecule has 1 saturated heterocycles. The van der Waals surface area contributed by atoms with Crippen LogP contribution in [0.1, 0.15) is 58.4 Å². The molecule has 1 aliphatic carbocycles. The van der Waals surface area contributed by atoms with Gasteiger partial charge in [0.1, 0.15) is 5.82 Å². The van der Waals surface area contributed by atoms with E-state index in [-0.39, 0.29) is 23.8 Å². The molecule has 0 radical (unpaired) electrons. The maximum absolute atomic E-state index is 13.3. The van der Waals surface area contributed by atoms with E-state index in [1.807, 2.05) is 0 Å². The van der Waals surface area contributed by atoms with Crippen LogP contribution in [-0.2, 0) is 11.3 Å². The SMILES string of the molecule is O=C1c2ccccc2C(=O)N1C1CCC2(CC1)CCN(Cc1ccc(F)cc1Cl)C2=O. The van der Waals surface area contributed by atoms with E-state index in [1.165, 1.54) is 17.0 Å². The molecule has 5 nitrogen and oxygen atoms in total. The van der Waals surface area contributed by atoms with Crippen molar-refractivity contribution in [1.82, 2.24) is 9.80 Å². The van der Waals surface area contributed by atoms with Gasteiger partial charge in [0.15, 0.2) is 0 Å². The lowest BCUT2D eigenvalue weighted by atomic mass is 9.71. The number of nitrogens with zero attached hydrogens (tertiary/aromatic N) is 2. The molecule has 0 bridgehead atoms. The summed E-state index contributed by atoms with van der Waals surface area (Å²) < 4.78 is 13.3. The van der Waals surface area contributed by atoms with Gasteiger partial charge in [-0.3, -0.25) is 19.3 Å². The third-order valence-corrected chi connectivity index (χ3v) is 7.43. The Balaban J connectivity index is 1.27. The third kappa shape index (κ3) is 3.24. The molecule has 0 aromatic heterocycles. The van der Waals surface area contributed by atoms with Crippen LogP contribution in [-0.4, -0.2) is 40.1 Å². The molecule has 2 aromatic carbocycles. The van der Waals surface area contributed by atoms with Crippen LogP contribution in [0, 0.1) is 11.2 Å². The van der Waals surface area contributed by atoms with E-state index in [4.69, 9.17) is 11.6 Å². The second kappa shape index (κ2) is 7.45. The van der Waals surface area contributed by atoms with Crippen LogP contribution in [0.4, 0.5) is 4.39 Å². The van der Waals surface area contributed by atoms with E-state index in [0.29, 0.717) is 54.9 Å². The maximum atomic E-state index is 13.3. The average Bonchev–Trinajstić information content (AvgIpc) is 3.20. The summed E-state index contributed by atoms with van der Waals surface area (Å²) in [6.07, 6.45) is 3.30. The second-order valence-corrected chi connectivity index (χ2v) is 9.16. The van der Waals surface area contributed by atoms with Gasteiger partial charge in [-0.15, -0.1) is 0 Å². The van der Waals surface area contributed by atoms with Gasteiger partial charge >= 0.3 is 0 Å². The summed E-state index contributed by atoms with van der Waals surface area (Å²) in [5.74, 6) is -0.767. The highest BCUT2D eigenvalue weighted by Gasteiger charge is 2.50. The Morgan fingerprint density at radius 1 is 0.968 bits per heavy atom. The van der Waals surface area contributed by atoms with Crippen molar-refractivity contribution in [2.75, 3.05) is 6.54 Å². The summed E-state index contributed by atoms with van der Waals surface area (Å²) in [7, 11) is 0. The van der Waals surface area contributed by atoms with Gasteiger partial charge in [-0.25, -0.2) is 4.39 Å². The molecular formula is C24H22ClFN2O3. The van der Waals surface area contributed by atoms with E-state index in [9.17, 15) is 18.8 Å². The third-order valence-electron chi connectivity index (χ3n) is 7.08. The molecule has 1 spiro atoms. The first-order valence-corrected chi connectivity index (χ1v) is 11.0. The zero-order valence-corrected chi connectivity index (χ0v) is 17.7. The van der Waals surface area contributed by atoms with Crippen LogP contribution in [0.5, 0.6) is 0 Å². The Hall–Kier alpha value is -2.73. The fraction of sp³-hybridized carbons (Fsp3) is 0.375. The highest BCUT2D eigenvalue weighted by atomic mass is 35.5. The first-order valence-electron chi connectivity index (χ1n) is 10.6. The van der Waals surface area contributed by atoms with Gasteiger partial charge in [-0.1, -0.05) is 29.8 Å². The molecule has 0 unspecified atom stereocenters. The van der Waals surface area contributed by atoms with Crippen LogP contribution >= 0.6 is 11.6 Å². The van der Waals surface area contributed by atoms with Crippen molar-refractivity contribution >= 4 is 29.3 Å². The number of amides is 3. The van der Waals surface area contributed by atoms with Gasteiger partial charge in [0, 0.05) is 24.2 Å². The molecule has 31 heavy (non-hydrogen) atoms. The number of hydrogen-bond acceptors (Lipinski definition) is 3. The number of hydrogen-bond donors (Lipinski definition) is 0. The predicted octanol–water partition coefficient (Wildman–Crippen LogP) is 4.44. The van der Waals surface area contributed by atoms with Crippen LogP contribution < -0.4 is 0 Å². The minimum Gasteiger partial charge on any atom is -0.338 e. The van der Waals surface area contributed by atoms with Gasteiger partial charge in [0.05, 0.1) is 16.5 Å². The highest BCUT2D eigenvalue weighted by Crippen LogP contribution is 2.47. The van der Waals surface area contributed by atoms with Crippen LogP contribution in [0.25, 0.3) is 0 Å². The molecule has 1 saturated carbocycles. The lowest BCUT2D eigenvalue weighted by molar-refractivity contribution is -0.138. The molecule has 5 rings (SSSR count). The van der Waals surface area contributed by atoms with Gasteiger partial charge in [-0.2, -0.15) is 0 Å². The lowest BCUT2D eigenvalue weighted by Crippen LogP contribution is -2.46. The van der Waals surface area contributed by atoms with Crippen molar-refractivity contribution in [1.29, 1.82) is 0 Å². The fourth-order valence-electron chi connectivity index (χ4n) is 5.32. The summed E-state index contributed by atoms with van der Waals surface area (Å²) in [6, 6.07) is 11.0. The van der Waals surface area contributed by atoms with Crippen LogP contribution in [0.3, 0.4) is 0 Å². The van der Waals surface area contributed by atoms with Crippen LogP contribution in [0.15, 0.2) is 42.5 Å². The molecule has 0 N–H and O–H groups in total. The number of likely N-dealkylation sites (tertiary alicyclic amines) is 1. The zero-order chi connectivity index (χ0) is 21.8. The highest BCUT2D eigenvalue weighted by molar-refractivity contribution is 6.31. The summed E-state index contributed by atoms with van der Waals surface area (Å²) in [5, 5.41) is 0.322. The maximum Gasteiger partial charge on any atom is 0.261 e. The molecule has 2 fully saturated rings. The van der Waals surface area contributed by atoms with E-state index in [0.717, 1.165) is 12.0 Å². The number of fused-ring (bicyclic) bond motifs is 1. The average molecular weight is 441 g/mol. The fourth-order valence-corrected chi connectivity index (χ4v) is 5.54. The Bertz CT molecular complexity index is 1060. The van der Waals surface area contributed by atoms with Crippen LogP contribution in [0.2, 0.25) is 5.02 Å². The largest absolute Gasteiger partial charge is 0.338 e. The topological polar surface area (TPSA) is 57.7 Å². The van der Waals surface area contributed by atoms with E-state index < -0.39 is 11.2 Å². The first-order chi connectivity index (χ1) is 14.9. The molecule has 3 aliphatic rings. The monoisotopic (exact) mass is 440 g/mol. The summed E-state index contributed by atoms with van der Waals surface area (Å²) >= 11 is 6.14. The molecule has 2 aromatic rings. The Morgan fingerprint density at radius 3 is 2.23 bits per heavy atom. The van der Waals surface area contributed by atoms with E-state index in [1.54, 1.807) is 35.2 Å². The van der Waals surface area contributed by atoms with Gasteiger partial charge in [0.25, 0.3) is 11.8 Å². The number of imide groups is 1. The molecule has 2 heterocycles. The predicted molar refractivity (Wildman–Crippen MR) is 113 cm³/mol. The van der Waals surface area contributed by atoms with Crippen molar-refractivity contribution in [2.45, 2.75) is 44.7 Å². The normalized spacial score (nSPS) is 25.6. The molecule has 2 aliphatic heterocycles. The number of carbonyl (C=O) groups excluding carboxylic acids is 3. The van der Waals surface area contributed by atoms with Gasteiger partial charge in [0.2, 0.25) is 5.91 Å². The minimum atomic E-state index is -0.443.